The average molecular weight is 304 g/mol. The van der Waals surface area contributed by atoms with E-state index in [9.17, 15) is 9.59 Å². The van der Waals surface area contributed by atoms with Crippen LogP contribution in [-0.4, -0.2) is 42.1 Å². The highest BCUT2D eigenvalue weighted by Gasteiger charge is 2.13. The minimum atomic E-state index is -1.11. The molecule has 0 bridgehead atoms. The highest BCUT2D eigenvalue weighted by atomic mass is 35.5. The number of carboxylic acids is 1. The van der Waals surface area contributed by atoms with Crippen molar-refractivity contribution in [2.45, 2.75) is 18.9 Å². The van der Waals surface area contributed by atoms with Gasteiger partial charge in [-0.1, -0.05) is 0 Å². The summed E-state index contributed by atoms with van der Waals surface area (Å²) in [4.78, 5) is 25.1. The number of carbonyl (C=O) groups is 2. The zero-order valence-electron chi connectivity index (χ0n) is 9.67. The lowest BCUT2D eigenvalue weighted by Crippen LogP contribution is -2.42. The molecule has 0 aromatic rings. The maximum atomic E-state index is 11.2. The van der Waals surface area contributed by atoms with E-state index in [1.807, 2.05) is 0 Å². The molecule has 0 aliphatic heterocycles. The maximum Gasteiger partial charge on any atom is 0.322 e. The normalized spacial score (nSPS) is 10.3. The van der Waals surface area contributed by atoms with Gasteiger partial charge in [0, 0.05) is 6.54 Å². The van der Waals surface area contributed by atoms with E-state index in [0.717, 1.165) is 0 Å². The summed E-state index contributed by atoms with van der Waals surface area (Å²) in [7, 11) is 0. The third-order valence-corrected chi connectivity index (χ3v) is 1.72. The summed E-state index contributed by atoms with van der Waals surface area (Å²) in [5, 5.41) is 10.5. The Hall–Kier alpha value is -1.25. The van der Waals surface area contributed by atoms with Crippen LogP contribution in [0.3, 0.4) is 0 Å². The Labute approximate surface area is 117 Å². The lowest BCUT2D eigenvalue weighted by Gasteiger charge is -2.09. The number of carbonyl (C=O) groups excluding carboxylic acids is 1. The number of hydrogen-bond acceptors (Lipinski definition) is 4. The molecule has 0 saturated heterocycles. The number of hydrogen-bond donors (Lipinski definition) is 5. The summed E-state index contributed by atoms with van der Waals surface area (Å²) >= 11 is 0. The van der Waals surface area contributed by atoms with Crippen molar-refractivity contribution in [1.29, 1.82) is 0 Å². The molecule has 0 aromatic heterocycles. The number of aliphatic imine (C=N–C) groups is 1. The first-order chi connectivity index (χ1) is 7.43. The third kappa shape index (κ3) is 12.8. The first kappa shape index (κ1) is 22.0. The van der Waals surface area contributed by atoms with Crippen molar-refractivity contribution in [3.8, 4) is 0 Å². The first-order valence-electron chi connectivity index (χ1n) is 4.74. The van der Waals surface area contributed by atoms with Crippen molar-refractivity contribution in [2.75, 3.05) is 13.1 Å². The van der Waals surface area contributed by atoms with Crippen molar-refractivity contribution in [3.63, 3.8) is 0 Å². The number of nitrogens with two attached hydrogens (primary N) is 3. The molecule has 0 saturated carbocycles. The van der Waals surface area contributed by atoms with Gasteiger partial charge in [0.15, 0.2) is 5.96 Å². The zero-order valence-corrected chi connectivity index (χ0v) is 11.3. The minimum Gasteiger partial charge on any atom is -0.480 e. The molecule has 8 N–H and O–H groups in total. The van der Waals surface area contributed by atoms with E-state index in [4.69, 9.17) is 22.3 Å². The molecule has 0 radical (unpaired) electrons. The fraction of sp³-hybridized carbons (Fsp3) is 0.625. The van der Waals surface area contributed by atoms with Gasteiger partial charge in [-0.2, -0.15) is 0 Å². The van der Waals surface area contributed by atoms with E-state index in [1.165, 1.54) is 0 Å². The molecule has 10 heteroatoms. The molecule has 0 unspecified atom stereocenters. The Bertz CT molecular complexity index is 284. The average Bonchev–Trinajstić information content (AvgIpc) is 2.20. The predicted octanol–water partition coefficient (Wildman–Crippen LogP) is -1.59. The highest BCUT2D eigenvalue weighted by Crippen LogP contribution is 1.95. The Kier molecular flexibility index (Phi) is 14.9. The summed E-state index contributed by atoms with van der Waals surface area (Å²) < 4.78 is 0. The van der Waals surface area contributed by atoms with Gasteiger partial charge >= 0.3 is 5.97 Å². The van der Waals surface area contributed by atoms with Gasteiger partial charge < -0.3 is 27.6 Å². The second-order valence-corrected chi connectivity index (χ2v) is 3.17. The predicted molar refractivity (Wildman–Crippen MR) is 73.0 cm³/mol. The van der Waals surface area contributed by atoms with Crippen molar-refractivity contribution < 1.29 is 14.7 Å². The van der Waals surface area contributed by atoms with Crippen LogP contribution in [0.4, 0.5) is 0 Å². The summed E-state index contributed by atoms with van der Waals surface area (Å²) in [5.41, 5.74) is 15.7. The molecule has 0 rings (SSSR count). The van der Waals surface area contributed by atoms with E-state index in [-0.39, 0.29) is 30.8 Å². The number of carboxylic acid groups (broad SMARTS) is 1. The monoisotopic (exact) mass is 303 g/mol. The van der Waals surface area contributed by atoms with Crippen molar-refractivity contribution in [2.24, 2.45) is 22.2 Å². The molecule has 0 aromatic carbocycles. The van der Waals surface area contributed by atoms with Crippen molar-refractivity contribution in [1.82, 2.24) is 5.32 Å². The smallest absolute Gasteiger partial charge is 0.322 e. The maximum absolute atomic E-state index is 11.2. The van der Waals surface area contributed by atoms with E-state index in [2.05, 4.69) is 10.3 Å². The molecule has 1 atom stereocenters. The van der Waals surface area contributed by atoms with E-state index >= 15 is 0 Å². The summed E-state index contributed by atoms with van der Waals surface area (Å²) in [5.74, 6) is -1.61. The van der Waals surface area contributed by atoms with Gasteiger partial charge in [-0.3, -0.25) is 14.6 Å². The number of aliphatic carboxylic acids is 1. The zero-order chi connectivity index (χ0) is 12.6. The van der Waals surface area contributed by atoms with E-state index < -0.39 is 24.5 Å². The Morgan fingerprint density at radius 3 is 2.28 bits per heavy atom. The van der Waals surface area contributed by atoms with Crippen LogP contribution in [-0.2, 0) is 9.59 Å². The molecule has 0 aliphatic rings. The molecular formula is C8H19Cl2N5O3. The second kappa shape index (κ2) is 12.2. The molecule has 108 valence electrons. The number of amides is 1. The van der Waals surface area contributed by atoms with Gasteiger partial charge in [-0.25, -0.2) is 0 Å². The van der Waals surface area contributed by atoms with Gasteiger partial charge in [0.1, 0.15) is 6.54 Å². The summed E-state index contributed by atoms with van der Waals surface area (Å²) in [6.45, 7) is -0.0390. The summed E-state index contributed by atoms with van der Waals surface area (Å²) in [6.07, 6.45) is 0.946. The number of rotatable bonds is 7. The summed E-state index contributed by atoms with van der Waals surface area (Å²) in [6, 6.07) is -0.742. The fourth-order valence-electron chi connectivity index (χ4n) is 0.944. The van der Waals surface area contributed by atoms with Crippen LogP contribution >= 0.6 is 24.8 Å². The molecule has 0 heterocycles. The SMILES string of the molecule is Cl.Cl.NC(N)=NCCC[C@H](N)C(=O)NCC(=O)O. The topological polar surface area (TPSA) is 157 Å². The Morgan fingerprint density at radius 2 is 1.83 bits per heavy atom. The highest BCUT2D eigenvalue weighted by molar-refractivity contribution is 5.86. The van der Waals surface area contributed by atoms with E-state index in [0.29, 0.717) is 19.4 Å². The lowest BCUT2D eigenvalue weighted by atomic mass is 10.1. The molecule has 1 amide bonds. The van der Waals surface area contributed by atoms with Crippen LogP contribution in [0.2, 0.25) is 0 Å². The van der Waals surface area contributed by atoms with Crippen molar-refractivity contribution >= 4 is 42.7 Å². The molecule has 18 heavy (non-hydrogen) atoms. The second-order valence-electron chi connectivity index (χ2n) is 3.17. The Balaban J connectivity index is -0.00000112. The van der Waals surface area contributed by atoms with Crippen LogP contribution in [0.1, 0.15) is 12.8 Å². The van der Waals surface area contributed by atoms with Gasteiger partial charge in [0.05, 0.1) is 6.04 Å². The van der Waals surface area contributed by atoms with Crippen LogP contribution in [0.5, 0.6) is 0 Å². The molecule has 0 fully saturated rings. The number of guanidine groups is 1. The number of nitrogens with zero attached hydrogens (tertiary/aromatic N) is 1. The van der Waals surface area contributed by atoms with Crippen LogP contribution in [0.15, 0.2) is 4.99 Å². The van der Waals surface area contributed by atoms with Gasteiger partial charge in [-0.05, 0) is 12.8 Å². The largest absolute Gasteiger partial charge is 0.480 e. The van der Waals surface area contributed by atoms with Crippen LogP contribution < -0.4 is 22.5 Å². The standard InChI is InChI=1S/C8H17N5O3.2ClH/c9-5(2-1-3-12-8(10)11)7(16)13-4-6(14)15;;/h5H,1-4,9H2,(H,13,16)(H,14,15)(H4,10,11,12);2*1H/t5-;;/m0../s1. The van der Waals surface area contributed by atoms with Gasteiger partial charge in [0.25, 0.3) is 0 Å². The molecule has 8 nitrogen and oxygen atoms in total. The molecule has 0 spiro atoms. The quantitative estimate of drug-likeness (QED) is 0.217. The first-order valence-corrected chi connectivity index (χ1v) is 4.74. The third-order valence-electron chi connectivity index (χ3n) is 1.72. The molecular weight excluding hydrogens is 285 g/mol. The van der Waals surface area contributed by atoms with Gasteiger partial charge in [-0.15, -0.1) is 24.8 Å². The number of halogens is 2. The van der Waals surface area contributed by atoms with Crippen LogP contribution in [0, 0.1) is 0 Å². The Morgan fingerprint density at radius 1 is 1.28 bits per heavy atom. The van der Waals surface area contributed by atoms with Crippen molar-refractivity contribution in [3.05, 3.63) is 0 Å². The van der Waals surface area contributed by atoms with Gasteiger partial charge in [0.2, 0.25) is 5.91 Å². The lowest BCUT2D eigenvalue weighted by molar-refractivity contribution is -0.138. The molecule has 0 aliphatic carbocycles. The number of nitrogens with one attached hydrogen (secondary N) is 1. The van der Waals surface area contributed by atoms with Crippen LogP contribution in [0.25, 0.3) is 0 Å². The minimum absolute atomic E-state index is 0. The fourth-order valence-corrected chi connectivity index (χ4v) is 0.944. The van der Waals surface area contributed by atoms with E-state index in [1.54, 1.807) is 0 Å².